The van der Waals surface area contributed by atoms with E-state index < -0.39 is 5.41 Å². The minimum absolute atomic E-state index is 0.0695. The van der Waals surface area contributed by atoms with Gasteiger partial charge in [0.2, 0.25) is 0 Å². The fourth-order valence-electron chi connectivity index (χ4n) is 4.54. The summed E-state index contributed by atoms with van der Waals surface area (Å²) in [5.74, 6) is -0.684. The van der Waals surface area contributed by atoms with Gasteiger partial charge in [0.05, 0.1) is 0 Å². The molecule has 2 unspecified atom stereocenters. The van der Waals surface area contributed by atoms with E-state index >= 15 is 0 Å². The second kappa shape index (κ2) is 7.03. The Morgan fingerprint density at radius 3 is 2.41 bits per heavy atom. The number of hydrogen-bond donors (Lipinski definition) is 0. The average molecular weight is 585 g/mol. The molecule has 1 saturated carbocycles. The van der Waals surface area contributed by atoms with E-state index in [1.165, 1.54) is 12.0 Å². The summed E-state index contributed by atoms with van der Waals surface area (Å²) in [4.78, 5) is 43.8. The number of benzene rings is 1. The molecule has 2 atom stereocenters. The Morgan fingerprint density at radius 2 is 1.90 bits per heavy atom. The van der Waals surface area contributed by atoms with Crippen LogP contribution >= 0.6 is 0 Å². The number of carbonyl (C=O) groups is 3. The Labute approximate surface area is 185 Å². The molecule has 29 heavy (non-hydrogen) atoms. The van der Waals surface area contributed by atoms with E-state index in [1.807, 2.05) is 22.4 Å². The Balaban J connectivity index is 1.52. The van der Waals surface area contributed by atoms with Crippen molar-refractivity contribution in [3.8, 4) is 0 Å². The summed E-state index contributed by atoms with van der Waals surface area (Å²) in [5, 5.41) is 0. The molecule has 8 heteroatoms. The number of amides is 2. The molecule has 0 radical (unpaired) electrons. The first kappa shape index (κ1) is 20.2. The van der Waals surface area contributed by atoms with E-state index in [-0.39, 0.29) is 29.1 Å². The summed E-state index contributed by atoms with van der Waals surface area (Å²) in [6, 6.07) is 6.92. The number of nitrogens with zero attached hydrogens (tertiary/aromatic N) is 3. The Bertz CT molecular complexity index is 980. The quantitative estimate of drug-likeness (QED) is 0.295. The number of methoxy groups -OCH3 is 1. The summed E-state index contributed by atoms with van der Waals surface area (Å²) in [5.41, 5.74) is 0.616. The Hall–Kier alpha value is -2.04. The second-order valence-corrected chi connectivity index (χ2v) is 11.0. The summed E-state index contributed by atoms with van der Waals surface area (Å²) in [6.07, 6.45) is 5.04. The fraction of sp³-hybridized carbons (Fsp3) is 0.429. The molecule has 2 aliphatic rings. The van der Waals surface area contributed by atoms with Gasteiger partial charge < -0.3 is 0 Å². The summed E-state index contributed by atoms with van der Waals surface area (Å²) in [7, 11) is 1.41. The van der Waals surface area contributed by atoms with Crippen LogP contribution in [-0.2, 0) is 14.9 Å². The molecular weight excluding hydrogens is 563 g/mol. The van der Waals surface area contributed by atoms with Gasteiger partial charge in [0, 0.05) is 0 Å². The van der Waals surface area contributed by atoms with Crippen molar-refractivity contribution >= 4 is 43.8 Å². The molecule has 148 valence electrons. The van der Waals surface area contributed by atoms with Crippen LogP contribution in [0.25, 0.3) is 0 Å². The zero-order chi connectivity index (χ0) is 21.0. The first-order valence-corrected chi connectivity index (χ1v) is 11.5. The maximum atomic E-state index is 12.7. The third-order valence-corrected chi connectivity index (χ3v) is 7.07. The standard InChI is InChI=1S/C21H22N3O4.Tl/c1-20(2,11-24-17(25)14-6-4-5-7-15(14)18(24)26)8-13-9-21(13,19(27)28-3)16-10-22-12-23-16;/h4-7,10,12-13H,8-9,11H2,1-3H3;/q-1;+1. The van der Waals surface area contributed by atoms with Crippen LogP contribution < -0.4 is 0 Å². The van der Waals surface area contributed by atoms with E-state index in [9.17, 15) is 14.4 Å². The van der Waals surface area contributed by atoms with Gasteiger partial charge in [-0.15, -0.1) is 0 Å². The van der Waals surface area contributed by atoms with Gasteiger partial charge in [0.15, 0.2) is 0 Å². The third kappa shape index (κ3) is 3.32. The molecule has 0 saturated heterocycles. The van der Waals surface area contributed by atoms with Crippen LogP contribution in [0.5, 0.6) is 0 Å². The number of ether oxygens (including phenoxy) is 1. The number of aromatic nitrogens is 2. The zero-order valence-electron chi connectivity index (χ0n) is 16.7. The van der Waals surface area contributed by atoms with Crippen LogP contribution in [0.4, 0.5) is 0 Å². The van der Waals surface area contributed by atoms with E-state index in [1.54, 1.807) is 30.6 Å². The topological polar surface area (TPSA) is 81.5 Å². The van der Waals surface area contributed by atoms with Crippen molar-refractivity contribution in [2.24, 2.45) is 11.3 Å². The monoisotopic (exact) mass is 585 g/mol. The van der Waals surface area contributed by atoms with Crippen molar-refractivity contribution in [3.63, 3.8) is 0 Å². The minimum atomic E-state index is -0.714. The fourth-order valence-corrected chi connectivity index (χ4v) is 5.34. The van der Waals surface area contributed by atoms with Crippen molar-refractivity contribution in [1.82, 2.24) is 12.3 Å². The first-order valence-electron chi connectivity index (χ1n) is 9.53. The predicted octanol–water partition coefficient (Wildman–Crippen LogP) is 1.96. The Kier molecular flexibility index (Phi) is 4.91. The molecule has 1 aliphatic carbocycles. The third-order valence-electron chi connectivity index (χ3n) is 5.98. The first-order chi connectivity index (χ1) is 13.7. The molecule has 0 spiro atoms. The predicted molar refractivity (Wildman–Crippen MR) is 105 cm³/mol. The van der Waals surface area contributed by atoms with Crippen LogP contribution in [0, 0.1) is 11.3 Å². The molecule has 4 rings (SSSR count). The summed E-state index contributed by atoms with van der Waals surface area (Å²) < 4.78 is 7.09. The van der Waals surface area contributed by atoms with Gasteiger partial charge in [0.1, 0.15) is 0 Å². The maximum absolute atomic E-state index is 12.7. The van der Waals surface area contributed by atoms with E-state index in [4.69, 9.17) is 4.74 Å². The molecule has 0 N–H and O–H groups in total. The second-order valence-electron chi connectivity index (χ2n) is 8.68. The number of hydrogen-bond acceptors (Lipinski definition) is 5. The van der Waals surface area contributed by atoms with Gasteiger partial charge in [0.25, 0.3) is 0 Å². The van der Waals surface area contributed by atoms with Gasteiger partial charge in [-0.3, -0.25) is 0 Å². The average Bonchev–Trinajstić information content (AvgIpc) is 3.13. The van der Waals surface area contributed by atoms with Crippen molar-refractivity contribution in [2.45, 2.75) is 32.1 Å². The molecule has 1 aromatic heterocycles. The van der Waals surface area contributed by atoms with Crippen LogP contribution in [0.1, 0.15) is 53.1 Å². The normalized spacial score (nSPS) is 23.2. The van der Waals surface area contributed by atoms with E-state index in [0.29, 0.717) is 56.6 Å². The number of carbonyl (C=O) groups excluding carboxylic acids is 3. The number of imidazole rings is 1. The molecule has 1 fully saturated rings. The van der Waals surface area contributed by atoms with Crippen molar-refractivity contribution < 1.29 is 19.1 Å². The van der Waals surface area contributed by atoms with Gasteiger partial charge in [-0.1, -0.05) is 12.1 Å². The van der Waals surface area contributed by atoms with Crippen molar-refractivity contribution in [3.05, 3.63) is 53.6 Å². The number of imide groups is 1. The zero-order valence-corrected chi connectivity index (χ0v) is 21.2. The molecule has 0 bridgehead atoms. The Morgan fingerprint density at radius 1 is 1.28 bits per heavy atom. The summed E-state index contributed by atoms with van der Waals surface area (Å²) >= 11 is 0.582. The van der Waals surface area contributed by atoms with Crippen LogP contribution in [-0.4, -0.2) is 69.8 Å². The molecule has 1 aromatic carbocycles. The van der Waals surface area contributed by atoms with Crippen molar-refractivity contribution in [2.75, 3.05) is 13.7 Å². The summed E-state index contributed by atoms with van der Waals surface area (Å²) in [6.45, 7) is 4.37. The van der Waals surface area contributed by atoms with Gasteiger partial charge in [-0.05, 0) is 0 Å². The molecule has 2 aromatic rings. The number of rotatable bonds is 6. The molecular formula is C21H22N3O4Tl. The molecule has 1 aliphatic heterocycles. The van der Waals surface area contributed by atoms with E-state index in [2.05, 4.69) is 4.98 Å². The van der Waals surface area contributed by atoms with Crippen LogP contribution in [0.15, 0.2) is 36.8 Å². The van der Waals surface area contributed by atoms with Gasteiger partial charge in [-0.2, -0.15) is 0 Å². The van der Waals surface area contributed by atoms with Gasteiger partial charge >= 0.3 is 174 Å². The van der Waals surface area contributed by atoms with Gasteiger partial charge in [-0.25, -0.2) is 0 Å². The van der Waals surface area contributed by atoms with Crippen molar-refractivity contribution in [1.29, 1.82) is 0 Å². The van der Waals surface area contributed by atoms with E-state index in [0.717, 1.165) is 5.69 Å². The molecule has 7 nitrogen and oxygen atoms in total. The van der Waals surface area contributed by atoms with Crippen LogP contribution in [0.3, 0.4) is 0 Å². The molecule has 2 amide bonds. The SMILES string of the molecule is COC(=O)C1(c2c[n]([Tl])cn2)CC1CC(C)(C)CN1C(=O)c2ccccc2C1=O. The number of esters is 1. The van der Waals surface area contributed by atoms with Crippen LogP contribution in [0.2, 0.25) is 0 Å². The number of fused-ring (bicyclic) bond motifs is 1. The molecule has 2 heterocycles.